The molecule has 0 radical (unpaired) electrons. The van der Waals surface area contributed by atoms with Crippen LogP contribution in [0.1, 0.15) is 38.2 Å². The molecule has 0 bridgehead atoms. The summed E-state index contributed by atoms with van der Waals surface area (Å²) in [5, 5.41) is 8.31. The van der Waals surface area contributed by atoms with Gasteiger partial charge in [-0.3, -0.25) is 4.79 Å². The van der Waals surface area contributed by atoms with Crippen LogP contribution in [0.25, 0.3) is 22.2 Å². The van der Waals surface area contributed by atoms with Crippen LogP contribution < -0.4 is 10.6 Å². The third-order valence-electron chi connectivity index (χ3n) is 5.88. The number of benzene rings is 2. The van der Waals surface area contributed by atoms with Crippen LogP contribution in [-0.4, -0.2) is 30.6 Å². The van der Waals surface area contributed by atoms with E-state index in [0.717, 1.165) is 58.8 Å². The summed E-state index contributed by atoms with van der Waals surface area (Å²) < 4.78 is 5.15. The highest BCUT2D eigenvalue weighted by Crippen LogP contribution is 2.29. The van der Waals surface area contributed by atoms with Gasteiger partial charge in [0.05, 0.1) is 11.2 Å². The third-order valence-corrected chi connectivity index (χ3v) is 5.88. The molecule has 0 amide bonds. The number of para-hydroxylation sites is 1. The van der Waals surface area contributed by atoms with Gasteiger partial charge in [-0.15, -0.1) is 0 Å². The summed E-state index contributed by atoms with van der Waals surface area (Å²) in [6.45, 7) is 4.99. The number of aromatic nitrogens is 1. The van der Waals surface area contributed by atoms with E-state index in [-0.39, 0.29) is 12.6 Å². The van der Waals surface area contributed by atoms with Gasteiger partial charge in [0.2, 0.25) is 0 Å². The van der Waals surface area contributed by atoms with Gasteiger partial charge < -0.3 is 15.4 Å². The lowest BCUT2D eigenvalue weighted by molar-refractivity contribution is -0.142. The maximum atomic E-state index is 11.1. The SMILES string of the molecule is CC(=O)OCc1cccc(-c2cc(NCCCC3CCCNC3)c3ccccc3n2)c1. The van der Waals surface area contributed by atoms with E-state index in [1.54, 1.807) is 0 Å². The molecule has 31 heavy (non-hydrogen) atoms. The molecule has 1 unspecified atom stereocenters. The number of hydrogen-bond donors (Lipinski definition) is 2. The summed E-state index contributed by atoms with van der Waals surface area (Å²) in [6.07, 6.45) is 5.07. The quantitative estimate of drug-likeness (QED) is 0.392. The van der Waals surface area contributed by atoms with E-state index in [1.807, 2.05) is 30.3 Å². The number of anilines is 1. The van der Waals surface area contributed by atoms with E-state index in [2.05, 4.69) is 34.9 Å². The average molecular weight is 418 g/mol. The Bertz CT molecular complexity index is 1030. The van der Waals surface area contributed by atoms with E-state index in [4.69, 9.17) is 9.72 Å². The summed E-state index contributed by atoms with van der Waals surface area (Å²) in [4.78, 5) is 16.0. The fraction of sp³-hybridized carbons (Fsp3) is 0.385. The van der Waals surface area contributed by atoms with Crippen molar-refractivity contribution in [2.45, 2.75) is 39.2 Å². The van der Waals surface area contributed by atoms with Crippen LogP contribution >= 0.6 is 0 Å². The van der Waals surface area contributed by atoms with E-state index in [1.165, 1.54) is 32.7 Å². The molecule has 1 aromatic heterocycles. The maximum Gasteiger partial charge on any atom is 0.302 e. The number of rotatable bonds is 8. The van der Waals surface area contributed by atoms with Gasteiger partial charge in [-0.05, 0) is 68.5 Å². The zero-order valence-electron chi connectivity index (χ0n) is 18.2. The van der Waals surface area contributed by atoms with Gasteiger partial charge in [0.15, 0.2) is 0 Å². The average Bonchev–Trinajstić information content (AvgIpc) is 2.81. The maximum absolute atomic E-state index is 11.1. The number of pyridine rings is 1. The van der Waals surface area contributed by atoms with Crippen molar-refractivity contribution in [3.8, 4) is 11.3 Å². The lowest BCUT2D eigenvalue weighted by Crippen LogP contribution is -2.29. The van der Waals surface area contributed by atoms with Crippen LogP contribution in [0.3, 0.4) is 0 Å². The Balaban J connectivity index is 1.51. The summed E-state index contributed by atoms with van der Waals surface area (Å²) in [5.41, 5.74) is 4.99. The van der Waals surface area contributed by atoms with Crippen molar-refractivity contribution >= 4 is 22.6 Å². The predicted octanol–water partition coefficient (Wildman–Crippen LogP) is 5.16. The van der Waals surface area contributed by atoms with Crippen LogP contribution in [0.15, 0.2) is 54.6 Å². The zero-order valence-corrected chi connectivity index (χ0v) is 18.2. The Hall–Kier alpha value is -2.92. The zero-order chi connectivity index (χ0) is 21.5. The van der Waals surface area contributed by atoms with Crippen molar-refractivity contribution in [3.63, 3.8) is 0 Å². The first-order valence-corrected chi connectivity index (χ1v) is 11.3. The van der Waals surface area contributed by atoms with E-state index in [9.17, 15) is 4.79 Å². The van der Waals surface area contributed by atoms with Crippen molar-refractivity contribution < 1.29 is 9.53 Å². The van der Waals surface area contributed by atoms with Crippen LogP contribution in [0.4, 0.5) is 5.69 Å². The predicted molar refractivity (Wildman–Crippen MR) is 126 cm³/mol. The molecule has 1 fully saturated rings. The molecule has 5 heteroatoms. The Morgan fingerprint density at radius 1 is 1.19 bits per heavy atom. The molecule has 2 N–H and O–H groups in total. The number of hydrogen-bond acceptors (Lipinski definition) is 5. The fourth-order valence-corrected chi connectivity index (χ4v) is 4.26. The molecule has 0 saturated carbocycles. The molecule has 2 aromatic carbocycles. The standard InChI is InChI=1S/C26H31N3O2/c1-19(30)31-18-21-7-4-10-22(15-21)25-16-26(23-11-2-3-12-24(23)29-25)28-14-6-9-20-8-5-13-27-17-20/h2-4,7,10-12,15-16,20,27H,5-6,8-9,13-14,17-18H2,1H3,(H,28,29). The molecule has 0 aliphatic carbocycles. The van der Waals surface area contributed by atoms with E-state index < -0.39 is 0 Å². The number of nitrogens with zero attached hydrogens (tertiary/aromatic N) is 1. The number of fused-ring (bicyclic) bond motifs is 1. The van der Waals surface area contributed by atoms with Crippen molar-refractivity contribution in [1.29, 1.82) is 0 Å². The minimum Gasteiger partial charge on any atom is -0.461 e. The number of carbonyl (C=O) groups is 1. The molecule has 162 valence electrons. The van der Waals surface area contributed by atoms with Gasteiger partial charge >= 0.3 is 5.97 Å². The van der Waals surface area contributed by atoms with Crippen LogP contribution in [0, 0.1) is 5.92 Å². The van der Waals surface area contributed by atoms with Crippen molar-refractivity contribution in [2.24, 2.45) is 5.92 Å². The van der Waals surface area contributed by atoms with Crippen LogP contribution in [-0.2, 0) is 16.1 Å². The Morgan fingerprint density at radius 3 is 2.94 bits per heavy atom. The summed E-state index contributed by atoms with van der Waals surface area (Å²) in [5.74, 6) is 0.532. The molecular weight excluding hydrogens is 386 g/mol. The molecule has 0 spiro atoms. The fourth-order valence-electron chi connectivity index (χ4n) is 4.26. The molecule has 3 aromatic rings. The highest BCUT2D eigenvalue weighted by atomic mass is 16.5. The van der Waals surface area contributed by atoms with Gasteiger partial charge in [0.1, 0.15) is 6.61 Å². The topological polar surface area (TPSA) is 63.2 Å². The Labute approximate surface area is 184 Å². The first-order valence-electron chi connectivity index (χ1n) is 11.3. The lowest BCUT2D eigenvalue weighted by Gasteiger charge is -2.22. The Kier molecular flexibility index (Phi) is 7.15. The highest BCUT2D eigenvalue weighted by molar-refractivity contribution is 5.93. The van der Waals surface area contributed by atoms with Crippen molar-refractivity contribution in [2.75, 3.05) is 25.0 Å². The highest BCUT2D eigenvalue weighted by Gasteiger charge is 2.13. The summed E-state index contributed by atoms with van der Waals surface area (Å²) in [6, 6.07) is 18.4. The molecule has 1 aliphatic heterocycles. The summed E-state index contributed by atoms with van der Waals surface area (Å²) >= 11 is 0. The number of nitrogens with one attached hydrogen (secondary N) is 2. The second-order valence-corrected chi connectivity index (χ2v) is 8.33. The second kappa shape index (κ2) is 10.4. The van der Waals surface area contributed by atoms with Gasteiger partial charge in [-0.2, -0.15) is 0 Å². The molecule has 4 rings (SSSR count). The third kappa shape index (κ3) is 5.82. The number of esters is 1. The van der Waals surface area contributed by atoms with E-state index >= 15 is 0 Å². The largest absolute Gasteiger partial charge is 0.461 e. The normalized spacial score (nSPS) is 16.2. The van der Waals surface area contributed by atoms with Crippen LogP contribution in [0.2, 0.25) is 0 Å². The first kappa shape index (κ1) is 21.3. The number of ether oxygens (including phenoxy) is 1. The Morgan fingerprint density at radius 2 is 2.10 bits per heavy atom. The summed E-state index contributed by atoms with van der Waals surface area (Å²) in [7, 11) is 0. The van der Waals surface area contributed by atoms with Gasteiger partial charge in [0, 0.05) is 30.1 Å². The van der Waals surface area contributed by atoms with Gasteiger partial charge in [-0.25, -0.2) is 4.98 Å². The molecule has 5 nitrogen and oxygen atoms in total. The van der Waals surface area contributed by atoms with Gasteiger partial charge in [0.25, 0.3) is 0 Å². The molecular formula is C26H31N3O2. The second-order valence-electron chi connectivity index (χ2n) is 8.33. The van der Waals surface area contributed by atoms with Crippen molar-refractivity contribution in [3.05, 3.63) is 60.2 Å². The molecule has 1 saturated heterocycles. The number of piperidine rings is 1. The smallest absolute Gasteiger partial charge is 0.302 e. The van der Waals surface area contributed by atoms with Gasteiger partial charge in [-0.1, -0.05) is 36.4 Å². The molecule has 1 atom stereocenters. The first-order chi connectivity index (χ1) is 15.2. The van der Waals surface area contributed by atoms with Crippen molar-refractivity contribution in [1.82, 2.24) is 10.3 Å². The van der Waals surface area contributed by atoms with Crippen LogP contribution in [0.5, 0.6) is 0 Å². The minimum atomic E-state index is -0.273. The van der Waals surface area contributed by atoms with E-state index in [0.29, 0.717) is 0 Å². The lowest BCUT2D eigenvalue weighted by atomic mass is 9.95. The molecule has 2 heterocycles. The minimum absolute atomic E-state index is 0.273. The monoisotopic (exact) mass is 417 g/mol. The number of carbonyl (C=O) groups excluding carboxylic acids is 1. The molecule has 1 aliphatic rings.